The summed E-state index contributed by atoms with van der Waals surface area (Å²) in [5.41, 5.74) is 1.37. The van der Waals surface area contributed by atoms with Gasteiger partial charge in [0.25, 0.3) is 10.0 Å². The molecule has 0 bridgehead atoms. The van der Waals surface area contributed by atoms with E-state index < -0.39 is 22.5 Å². The summed E-state index contributed by atoms with van der Waals surface area (Å²) < 4.78 is 33.5. The second kappa shape index (κ2) is 10.0. The van der Waals surface area contributed by atoms with Crippen molar-refractivity contribution in [2.75, 3.05) is 23.3 Å². The highest BCUT2D eigenvalue weighted by Gasteiger charge is 2.30. The van der Waals surface area contributed by atoms with Crippen LogP contribution in [0.2, 0.25) is 15.1 Å². The first-order valence-corrected chi connectivity index (χ1v) is 11.9. The van der Waals surface area contributed by atoms with Crippen LogP contribution < -0.4 is 14.4 Å². The fraction of sp³-hybridized carbons (Fsp3) is 0.136. The normalized spacial score (nSPS) is 11.2. The van der Waals surface area contributed by atoms with Crippen molar-refractivity contribution in [1.82, 2.24) is 0 Å². The Morgan fingerprint density at radius 2 is 1.66 bits per heavy atom. The molecule has 0 heterocycles. The first-order valence-electron chi connectivity index (χ1n) is 9.29. The molecule has 168 valence electrons. The minimum atomic E-state index is -4.18. The van der Waals surface area contributed by atoms with Crippen molar-refractivity contribution in [3.63, 3.8) is 0 Å². The van der Waals surface area contributed by atoms with E-state index in [1.54, 1.807) is 37.3 Å². The van der Waals surface area contributed by atoms with Gasteiger partial charge in [0.2, 0.25) is 5.91 Å². The number of benzene rings is 3. The van der Waals surface area contributed by atoms with Crippen molar-refractivity contribution in [1.29, 1.82) is 0 Å². The molecule has 3 aromatic carbocycles. The molecule has 0 aliphatic carbocycles. The Balaban J connectivity index is 2.00. The van der Waals surface area contributed by atoms with Crippen LogP contribution in [0.15, 0.2) is 65.6 Å². The van der Waals surface area contributed by atoms with Gasteiger partial charge in [-0.2, -0.15) is 0 Å². The SMILES string of the molecule is COc1ccc(C)cc1S(=O)(=O)N(CC(=O)Nc1ccc(Cl)c(Cl)c1)c1ccc(Cl)cc1. The lowest BCUT2D eigenvalue weighted by Crippen LogP contribution is -2.38. The molecule has 1 amide bonds. The van der Waals surface area contributed by atoms with Gasteiger partial charge in [0.1, 0.15) is 17.2 Å². The van der Waals surface area contributed by atoms with Crippen LogP contribution in [-0.4, -0.2) is 28.0 Å². The largest absolute Gasteiger partial charge is 0.495 e. The fourth-order valence-electron chi connectivity index (χ4n) is 2.93. The Bertz CT molecular complexity index is 1250. The van der Waals surface area contributed by atoms with Gasteiger partial charge in [0, 0.05) is 10.7 Å². The third kappa shape index (κ3) is 5.48. The van der Waals surface area contributed by atoms with Gasteiger partial charge in [-0.05, 0) is 67.1 Å². The summed E-state index contributed by atoms with van der Waals surface area (Å²) >= 11 is 17.9. The number of halogens is 3. The Morgan fingerprint density at radius 3 is 2.28 bits per heavy atom. The van der Waals surface area contributed by atoms with E-state index in [9.17, 15) is 13.2 Å². The van der Waals surface area contributed by atoms with Crippen LogP contribution >= 0.6 is 34.8 Å². The van der Waals surface area contributed by atoms with Crippen LogP contribution in [0, 0.1) is 6.92 Å². The van der Waals surface area contributed by atoms with Crippen LogP contribution in [-0.2, 0) is 14.8 Å². The third-order valence-corrected chi connectivity index (χ3v) is 7.28. The molecule has 0 aliphatic heterocycles. The topological polar surface area (TPSA) is 75.7 Å². The molecule has 0 atom stereocenters. The molecule has 3 rings (SSSR count). The number of sulfonamides is 1. The average molecular weight is 514 g/mol. The van der Waals surface area contributed by atoms with Gasteiger partial charge in [-0.15, -0.1) is 0 Å². The quantitative estimate of drug-likeness (QED) is 0.433. The number of carbonyl (C=O) groups is 1. The van der Waals surface area contributed by atoms with Gasteiger partial charge in [-0.3, -0.25) is 9.10 Å². The molecule has 0 unspecified atom stereocenters. The predicted octanol–water partition coefficient (Wildman–Crippen LogP) is 5.80. The number of aryl methyl sites for hydroxylation is 1. The zero-order chi connectivity index (χ0) is 23.5. The number of anilines is 2. The van der Waals surface area contributed by atoms with Gasteiger partial charge in [-0.25, -0.2) is 8.42 Å². The Hall–Kier alpha value is -2.45. The van der Waals surface area contributed by atoms with Crippen LogP contribution in [0.1, 0.15) is 5.56 Å². The Labute approximate surface area is 201 Å². The van der Waals surface area contributed by atoms with E-state index in [2.05, 4.69) is 5.32 Å². The molecule has 0 fully saturated rings. The second-order valence-corrected chi connectivity index (χ2v) is 9.90. The highest BCUT2D eigenvalue weighted by atomic mass is 35.5. The molecule has 3 aromatic rings. The van der Waals surface area contributed by atoms with E-state index in [1.807, 2.05) is 0 Å². The highest BCUT2D eigenvalue weighted by Crippen LogP contribution is 2.31. The van der Waals surface area contributed by atoms with Crippen LogP contribution in [0.4, 0.5) is 11.4 Å². The fourth-order valence-corrected chi connectivity index (χ4v) is 5.02. The summed E-state index contributed by atoms with van der Waals surface area (Å²) in [5, 5.41) is 3.66. The maximum absolute atomic E-state index is 13.6. The molecular weight excluding hydrogens is 495 g/mol. The zero-order valence-electron chi connectivity index (χ0n) is 17.1. The molecule has 10 heteroatoms. The van der Waals surface area contributed by atoms with E-state index >= 15 is 0 Å². The molecule has 0 spiro atoms. The van der Waals surface area contributed by atoms with Crippen LogP contribution in [0.3, 0.4) is 0 Å². The molecule has 0 aliphatic rings. The number of methoxy groups -OCH3 is 1. The summed E-state index contributed by atoms with van der Waals surface area (Å²) in [5.74, 6) is -0.409. The van der Waals surface area contributed by atoms with Crippen molar-refractivity contribution >= 4 is 62.1 Å². The van der Waals surface area contributed by atoms with Crippen LogP contribution in [0.5, 0.6) is 5.75 Å². The smallest absolute Gasteiger partial charge is 0.268 e. The summed E-state index contributed by atoms with van der Waals surface area (Å²) in [4.78, 5) is 12.8. The van der Waals surface area contributed by atoms with E-state index in [4.69, 9.17) is 39.5 Å². The maximum Gasteiger partial charge on any atom is 0.268 e. The monoisotopic (exact) mass is 512 g/mol. The number of amides is 1. The number of carbonyl (C=O) groups excluding carboxylic acids is 1. The molecule has 0 saturated heterocycles. The van der Waals surface area contributed by atoms with Gasteiger partial charge in [0.05, 0.1) is 22.8 Å². The average Bonchev–Trinajstić information content (AvgIpc) is 2.75. The lowest BCUT2D eigenvalue weighted by molar-refractivity contribution is -0.114. The standard InChI is InChI=1S/C22H19Cl3N2O4S/c1-14-3-10-20(31-2)21(11-14)32(29,30)27(17-7-4-15(23)5-8-17)13-22(28)26-16-6-9-18(24)19(25)12-16/h3-12H,13H2,1-2H3,(H,26,28). The van der Waals surface area contributed by atoms with Gasteiger partial charge in [0.15, 0.2) is 0 Å². The minimum Gasteiger partial charge on any atom is -0.495 e. The van der Waals surface area contributed by atoms with Crippen molar-refractivity contribution in [2.45, 2.75) is 11.8 Å². The zero-order valence-corrected chi connectivity index (χ0v) is 20.2. The van der Waals surface area contributed by atoms with Crippen molar-refractivity contribution < 1.29 is 17.9 Å². The number of hydrogen-bond donors (Lipinski definition) is 1. The molecular formula is C22H19Cl3N2O4S. The number of nitrogens with zero attached hydrogens (tertiary/aromatic N) is 1. The van der Waals surface area contributed by atoms with Crippen LogP contribution in [0.25, 0.3) is 0 Å². The van der Waals surface area contributed by atoms with Gasteiger partial charge >= 0.3 is 0 Å². The number of ether oxygens (including phenoxy) is 1. The summed E-state index contributed by atoms with van der Waals surface area (Å²) in [6.45, 7) is 1.27. The van der Waals surface area contributed by atoms with Crippen molar-refractivity contribution in [2.24, 2.45) is 0 Å². The summed E-state index contributed by atoms with van der Waals surface area (Å²) in [6.07, 6.45) is 0. The van der Waals surface area contributed by atoms with Gasteiger partial charge < -0.3 is 10.1 Å². The van der Waals surface area contributed by atoms with Crippen molar-refractivity contribution in [3.05, 3.63) is 81.3 Å². The summed E-state index contributed by atoms with van der Waals surface area (Å²) in [6, 6.07) is 15.5. The molecule has 6 nitrogen and oxygen atoms in total. The van der Waals surface area contributed by atoms with E-state index in [1.165, 1.54) is 37.4 Å². The number of nitrogens with one attached hydrogen (secondary N) is 1. The van der Waals surface area contributed by atoms with Crippen molar-refractivity contribution in [3.8, 4) is 5.75 Å². The van der Waals surface area contributed by atoms with Gasteiger partial charge in [-0.1, -0.05) is 40.9 Å². The first kappa shape index (κ1) is 24.2. The Kier molecular flexibility index (Phi) is 7.56. The van der Waals surface area contributed by atoms with E-state index in [-0.39, 0.29) is 21.4 Å². The molecule has 1 N–H and O–H groups in total. The second-order valence-electron chi connectivity index (χ2n) is 6.82. The number of hydrogen-bond acceptors (Lipinski definition) is 4. The number of rotatable bonds is 7. The highest BCUT2D eigenvalue weighted by molar-refractivity contribution is 7.93. The third-order valence-electron chi connectivity index (χ3n) is 4.49. The molecule has 0 radical (unpaired) electrons. The Morgan fingerprint density at radius 1 is 0.969 bits per heavy atom. The summed E-state index contributed by atoms with van der Waals surface area (Å²) in [7, 11) is -2.79. The minimum absolute atomic E-state index is 0.0581. The molecule has 32 heavy (non-hydrogen) atoms. The van der Waals surface area contributed by atoms with E-state index in [0.29, 0.717) is 15.7 Å². The predicted molar refractivity (Wildman–Crippen MR) is 129 cm³/mol. The first-order chi connectivity index (χ1) is 15.1. The molecule has 0 saturated carbocycles. The maximum atomic E-state index is 13.6. The van der Waals surface area contributed by atoms with E-state index in [0.717, 1.165) is 9.87 Å². The molecule has 0 aromatic heterocycles. The lowest BCUT2D eigenvalue weighted by Gasteiger charge is -2.25. The lowest BCUT2D eigenvalue weighted by atomic mass is 10.2.